The summed E-state index contributed by atoms with van der Waals surface area (Å²) in [5.41, 5.74) is 0. The van der Waals surface area contributed by atoms with E-state index in [0.29, 0.717) is 0 Å². The van der Waals surface area contributed by atoms with Crippen molar-refractivity contribution in [1.29, 1.82) is 0 Å². The van der Waals surface area contributed by atoms with Gasteiger partial charge < -0.3 is 16.3 Å². The van der Waals surface area contributed by atoms with Crippen LogP contribution in [0.4, 0.5) is 0 Å². The third-order valence-electron chi connectivity index (χ3n) is 0.290. The average molecular weight is 166 g/mol. The van der Waals surface area contributed by atoms with Gasteiger partial charge in [0.2, 0.25) is 0 Å². The van der Waals surface area contributed by atoms with Gasteiger partial charge in [-0.05, 0) is 6.92 Å². The van der Waals surface area contributed by atoms with Crippen molar-refractivity contribution in [3.63, 3.8) is 0 Å². The fourth-order valence-corrected chi connectivity index (χ4v) is 0.596. The second-order valence-electron chi connectivity index (χ2n) is 1.20. The van der Waals surface area contributed by atoms with Gasteiger partial charge >= 0.3 is 37.4 Å². The number of hydrogen-bond acceptors (Lipinski definition) is 3. The van der Waals surface area contributed by atoms with Crippen LogP contribution in [-0.4, -0.2) is 21.2 Å². The Bertz CT molecular complexity index is 112. The summed E-state index contributed by atoms with van der Waals surface area (Å²) in [6, 6.07) is 0. The van der Waals surface area contributed by atoms with Crippen LogP contribution >= 0.6 is 7.82 Å². The van der Waals surface area contributed by atoms with E-state index in [1.54, 1.807) is 0 Å². The fraction of sp³-hybridized carbons (Fsp3) is 1.00. The van der Waals surface area contributed by atoms with E-state index in [1.165, 1.54) is 0 Å². The summed E-state index contributed by atoms with van der Waals surface area (Å²) in [5, 5.41) is 8.17. The fourth-order valence-electron chi connectivity index (χ4n) is 0.199. The summed E-state index contributed by atoms with van der Waals surface area (Å²) in [4.78, 5) is 15.8. The molecule has 0 fully saturated rings. The maximum absolute atomic E-state index is 9.75. The van der Waals surface area contributed by atoms with Crippen molar-refractivity contribution in [1.82, 2.24) is 0 Å². The van der Waals surface area contributed by atoms with E-state index >= 15 is 0 Å². The predicted molar refractivity (Wildman–Crippen MR) is 25.9 cm³/mol. The summed E-state index contributed by atoms with van der Waals surface area (Å²) in [7, 11) is -4.47. The molecule has 7 heteroatoms. The Kier molecular flexibility index (Phi) is 6.81. The topological polar surface area (TPSA) is 87.0 Å². The molecule has 0 aliphatic rings. The van der Waals surface area contributed by atoms with Crippen molar-refractivity contribution in [3.8, 4) is 0 Å². The Balaban J connectivity index is -0.000000245. The summed E-state index contributed by atoms with van der Waals surface area (Å²) < 4.78 is 13.4. The third kappa shape index (κ3) is 12.3. The number of aliphatic hydroxyl groups excluding tert-OH is 1. The first-order valence-corrected chi connectivity index (χ1v) is 3.37. The van der Waals surface area contributed by atoms with E-state index in [9.17, 15) is 4.57 Å². The average Bonchev–Trinajstić information content (AvgIpc) is 1.21. The summed E-state index contributed by atoms with van der Waals surface area (Å²) in [6.07, 6.45) is -1.42. The first kappa shape index (κ1) is 12.7. The summed E-state index contributed by atoms with van der Waals surface area (Å²) in [6.45, 7) is 1.11. The van der Waals surface area contributed by atoms with Crippen LogP contribution in [0.1, 0.15) is 8.35 Å². The van der Waals surface area contributed by atoms with Crippen LogP contribution in [0.25, 0.3) is 0 Å². The molecule has 52 valence electrons. The Hall–Kier alpha value is 1.07. The maximum atomic E-state index is 9.75. The van der Waals surface area contributed by atoms with Gasteiger partial charge in [0.05, 0.1) is 0 Å². The molecule has 0 saturated carbocycles. The molecule has 0 spiro atoms. The van der Waals surface area contributed by atoms with Crippen LogP contribution in [0, 0.1) is 0 Å². The van der Waals surface area contributed by atoms with E-state index in [4.69, 9.17) is 14.9 Å². The molecule has 5 nitrogen and oxygen atoms in total. The molecule has 1 unspecified atom stereocenters. The molecule has 1 atom stereocenters. The quantitative estimate of drug-likeness (QED) is 0.225. The smallest absolute Gasteiger partial charge is 1.00 e. The van der Waals surface area contributed by atoms with E-state index in [1.807, 2.05) is 0 Å². The minimum Gasteiger partial charge on any atom is -1.00 e. The predicted octanol–water partition coefficient (Wildman–Crippen LogP) is -3.45. The molecule has 9 heavy (non-hydrogen) atoms. The van der Waals surface area contributed by atoms with Crippen molar-refractivity contribution in [2.45, 2.75) is 13.2 Å². The molecule has 0 aliphatic carbocycles. The molecule has 0 aromatic carbocycles. The first-order chi connectivity index (χ1) is 3.42. The van der Waals surface area contributed by atoms with Gasteiger partial charge in [0.15, 0.2) is 6.29 Å². The van der Waals surface area contributed by atoms with E-state index in [0.717, 1.165) is 6.92 Å². The van der Waals surface area contributed by atoms with E-state index < -0.39 is 14.1 Å². The van der Waals surface area contributed by atoms with Crippen molar-refractivity contribution < 1.29 is 55.0 Å². The van der Waals surface area contributed by atoms with Gasteiger partial charge in [-0.25, -0.2) is 4.57 Å². The van der Waals surface area contributed by atoms with E-state index in [2.05, 4.69) is 4.52 Å². The number of aliphatic hydroxyl groups is 1. The number of phosphoric ester groups is 1. The van der Waals surface area contributed by atoms with Crippen LogP contribution in [0.3, 0.4) is 0 Å². The molecule has 0 amide bonds. The molecule has 0 aromatic rings. The Morgan fingerprint density at radius 2 is 2.00 bits per heavy atom. The molecule has 0 aromatic heterocycles. The zero-order chi connectivity index (χ0) is 6.78. The second-order valence-corrected chi connectivity index (χ2v) is 2.39. The van der Waals surface area contributed by atoms with Crippen molar-refractivity contribution in [2.24, 2.45) is 0 Å². The summed E-state index contributed by atoms with van der Waals surface area (Å²) in [5.74, 6) is 0. The van der Waals surface area contributed by atoms with Crippen LogP contribution in [0.15, 0.2) is 0 Å². The molecule has 0 bridgehead atoms. The van der Waals surface area contributed by atoms with Gasteiger partial charge in [-0.2, -0.15) is 0 Å². The van der Waals surface area contributed by atoms with Crippen LogP contribution in [-0.2, 0) is 9.09 Å². The summed E-state index contributed by atoms with van der Waals surface area (Å²) >= 11 is 0. The minimum atomic E-state index is -4.47. The Labute approximate surface area is 76.0 Å². The maximum Gasteiger partial charge on any atom is 1.00 e. The SMILES string of the molecule is CC(O)OP(=O)(O)O.[H-].[Na+]. The largest absolute Gasteiger partial charge is 1.00 e. The third-order valence-corrected chi connectivity index (χ3v) is 0.870. The van der Waals surface area contributed by atoms with Gasteiger partial charge in [-0.15, -0.1) is 0 Å². The van der Waals surface area contributed by atoms with Crippen LogP contribution in [0.2, 0.25) is 0 Å². The van der Waals surface area contributed by atoms with Crippen LogP contribution < -0.4 is 29.6 Å². The number of phosphoric acid groups is 1. The van der Waals surface area contributed by atoms with Crippen molar-refractivity contribution in [3.05, 3.63) is 0 Å². The molecule has 0 saturated heterocycles. The Morgan fingerprint density at radius 1 is 1.67 bits per heavy atom. The van der Waals surface area contributed by atoms with Crippen molar-refractivity contribution >= 4 is 7.82 Å². The number of rotatable bonds is 2. The minimum absolute atomic E-state index is 0. The van der Waals surface area contributed by atoms with Crippen molar-refractivity contribution in [2.75, 3.05) is 0 Å². The Morgan fingerprint density at radius 3 is 2.00 bits per heavy atom. The first-order valence-electron chi connectivity index (χ1n) is 1.84. The number of hydrogen-bond donors (Lipinski definition) is 3. The zero-order valence-corrected chi connectivity index (χ0v) is 8.08. The molecule has 3 N–H and O–H groups in total. The zero-order valence-electron chi connectivity index (χ0n) is 6.18. The van der Waals surface area contributed by atoms with Gasteiger partial charge in [-0.1, -0.05) is 0 Å². The van der Waals surface area contributed by atoms with Gasteiger partial charge in [0.25, 0.3) is 0 Å². The molecular weight excluding hydrogens is 158 g/mol. The van der Waals surface area contributed by atoms with Gasteiger partial charge in [-0.3, -0.25) is 4.52 Å². The molecule has 0 rings (SSSR count). The molecular formula is C2H8NaO5P. The monoisotopic (exact) mass is 166 g/mol. The molecule has 0 radical (unpaired) electrons. The van der Waals surface area contributed by atoms with Gasteiger partial charge in [0.1, 0.15) is 0 Å². The molecule has 0 aliphatic heterocycles. The normalized spacial score (nSPS) is 14.2. The molecule has 0 heterocycles. The van der Waals surface area contributed by atoms with Gasteiger partial charge in [0, 0.05) is 0 Å². The second kappa shape index (κ2) is 4.82. The van der Waals surface area contributed by atoms with E-state index in [-0.39, 0.29) is 31.0 Å². The standard InChI is InChI=1S/C2H7O5P.Na.H/c1-2(3)7-8(4,5)6;;/h2-3H,1H3,(H2,4,5,6);;/q;+1;-1. The van der Waals surface area contributed by atoms with Crippen LogP contribution in [0.5, 0.6) is 0 Å².